The fourth-order valence-corrected chi connectivity index (χ4v) is 3.27. The molecule has 124 valence electrons. The van der Waals surface area contributed by atoms with E-state index < -0.39 is 16.9 Å². The van der Waals surface area contributed by atoms with Crippen molar-refractivity contribution in [2.75, 3.05) is 0 Å². The Morgan fingerprint density at radius 2 is 2.17 bits per heavy atom. The molecular formula is C16H17N5O3. The highest BCUT2D eigenvalue weighted by atomic mass is 16.3. The van der Waals surface area contributed by atoms with Gasteiger partial charge in [0.15, 0.2) is 5.65 Å². The molecule has 2 atom stereocenters. The average molecular weight is 327 g/mol. The molecule has 1 fully saturated rings. The number of nitrogens with zero attached hydrogens (tertiary/aromatic N) is 3. The topological polar surface area (TPSA) is 116 Å². The van der Waals surface area contributed by atoms with Gasteiger partial charge in [-0.05, 0) is 38.2 Å². The maximum absolute atomic E-state index is 12.1. The Bertz CT molecular complexity index is 1040. The van der Waals surface area contributed by atoms with Crippen LogP contribution in [-0.4, -0.2) is 35.3 Å². The van der Waals surface area contributed by atoms with Crippen molar-refractivity contribution in [2.45, 2.75) is 31.8 Å². The number of aliphatic hydroxyl groups is 1. The van der Waals surface area contributed by atoms with Crippen LogP contribution in [0.3, 0.4) is 0 Å². The van der Waals surface area contributed by atoms with E-state index in [1.54, 1.807) is 30.8 Å². The molecule has 0 aliphatic heterocycles. The van der Waals surface area contributed by atoms with Gasteiger partial charge in [0.1, 0.15) is 0 Å². The Hall–Kier alpha value is -2.74. The van der Waals surface area contributed by atoms with Gasteiger partial charge in [-0.2, -0.15) is 5.10 Å². The molecule has 0 unspecified atom stereocenters. The highest BCUT2D eigenvalue weighted by Gasteiger charge is 2.48. The van der Waals surface area contributed by atoms with Crippen molar-refractivity contribution >= 4 is 5.65 Å². The molecule has 3 aromatic heterocycles. The van der Waals surface area contributed by atoms with Gasteiger partial charge in [0, 0.05) is 24.2 Å². The summed E-state index contributed by atoms with van der Waals surface area (Å²) in [7, 11) is 0. The lowest BCUT2D eigenvalue weighted by atomic mass is 9.98. The number of rotatable bonds is 3. The van der Waals surface area contributed by atoms with Gasteiger partial charge in [-0.3, -0.25) is 9.78 Å². The lowest BCUT2D eigenvalue weighted by Crippen LogP contribution is -2.23. The summed E-state index contributed by atoms with van der Waals surface area (Å²) in [5.41, 5.74) is 0.580. The lowest BCUT2D eigenvalue weighted by molar-refractivity contribution is 0.0546. The van der Waals surface area contributed by atoms with Crippen LogP contribution in [0, 0.1) is 5.92 Å². The Morgan fingerprint density at radius 1 is 1.38 bits per heavy atom. The minimum absolute atomic E-state index is 0.141. The second-order valence-electron chi connectivity index (χ2n) is 6.77. The zero-order valence-electron chi connectivity index (χ0n) is 13.3. The first-order valence-corrected chi connectivity index (χ1v) is 7.73. The van der Waals surface area contributed by atoms with Gasteiger partial charge >= 0.3 is 5.69 Å². The molecule has 3 aromatic rings. The van der Waals surface area contributed by atoms with E-state index in [0.717, 1.165) is 17.6 Å². The molecule has 0 saturated heterocycles. The highest BCUT2D eigenvalue weighted by Crippen LogP contribution is 2.54. The molecule has 4 rings (SSSR count). The summed E-state index contributed by atoms with van der Waals surface area (Å²) in [5.74, 6) is 0.306. The number of H-pyrrole nitrogens is 2. The van der Waals surface area contributed by atoms with Gasteiger partial charge in [0.25, 0.3) is 5.56 Å². The van der Waals surface area contributed by atoms with E-state index in [4.69, 9.17) is 0 Å². The van der Waals surface area contributed by atoms with Crippen LogP contribution in [0.5, 0.6) is 0 Å². The van der Waals surface area contributed by atoms with Crippen molar-refractivity contribution in [1.82, 2.24) is 24.6 Å². The Morgan fingerprint density at radius 3 is 2.83 bits per heavy atom. The van der Waals surface area contributed by atoms with Crippen molar-refractivity contribution in [3.05, 3.63) is 51.1 Å². The summed E-state index contributed by atoms with van der Waals surface area (Å²) in [6.07, 6.45) is 5.58. The fraction of sp³-hybridized carbons (Fsp3) is 0.375. The van der Waals surface area contributed by atoms with E-state index in [-0.39, 0.29) is 17.4 Å². The van der Waals surface area contributed by atoms with Crippen LogP contribution < -0.4 is 11.2 Å². The maximum atomic E-state index is 12.1. The summed E-state index contributed by atoms with van der Waals surface area (Å²) < 4.78 is 1.62. The van der Waals surface area contributed by atoms with Crippen LogP contribution in [-0.2, 0) is 0 Å². The molecule has 1 aliphatic rings. The van der Waals surface area contributed by atoms with Crippen LogP contribution in [0.1, 0.15) is 31.7 Å². The molecule has 1 saturated carbocycles. The zero-order valence-corrected chi connectivity index (χ0v) is 13.3. The Kier molecular flexibility index (Phi) is 3.01. The van der Waals surface area contributed by atoms with Crippen molar-refractivity contribution in [3.8, 4) is 11.3 Å². The number of nitrogens with one attached hydrogen (secondary N) is 2. The number of fused-ring (bicyclic) bond motifs is 1. The quantitative estimate of drug-likeness (QED) is 0.653. The number of imidazole rings is 1. The minimum atomic E-state index is -0.771. The third kappa shape index (κ3) is 2.35. The molecule has 3 N–H and O–H groups in total. The van der Waals surface area contributed by atoms with Crippen molar-refractivity contribution in [2.24, 2.45) is 5.92 Å². The normalized spacial score (nSPS) is 20.5. The predicted octanol–water partition coefficient (Wildman–Crippen LogP) is 0.647. The molecule has 8 heteroatoms. The van der Waals surface area contributed by atoms with Crippen LogP contribution >= 0.6 is 0 Å². The van der Waals surface area contributed by atoms with Gasteiger partial charge in [-0.1, -0.05) is 0 Å². The molecule has 8 nitrogen and oxygen atoms in total. The van der Waals surface area contributed by atoms with Gasteiger partial charge in [0.05, 0.1) is 16.9 Å². The first-order chi connectivity index (χ1) is 11.3. The summed E-state index contributed by atoms with van der Waals surface area (Å²) in [6.45, 7) is 3.60. The van der Waals surface area contributed by atoms with Gasteiger partial charge in [0.2, 0.25) is 0 Å². The van der Waals surface area contributed by atoms with E-state index >= 15 is 0 Å². The van der Waals surface area contributed by atoms with Crippen LogP contribution in [0.25, 0.3) is 16.9 Å². The molecular weight excluding hydrogens is 310 g/mol. The molecule has 3 heterocycles. The van der Waals surface area contributed by atoms with E-state index in [1.165, 1.54) is 6.20 Å². The second kappa shape index (κ2) is 4.88. The van der Waals surface area contributed by atoms with Crippen molar-refractivity contribution in [3.63, 3.8) is 0 Å². The van der Waals surface area contributed by atoms with Gasteiger partial charge in [-0.15, -0.1) is 0 Å². The molecule has 0 radical (unpaired) electrons. The first kappa shape index (κ1) is 14.8. The summed E-state index contributed by atoms with van der Waals surface area (Å²) in [6, 6.07) is 1.82. The SMILES string of the molecule is CC(C)(O)[C@H]1C[C@@H]1c1cc(-c2c[nH]c(=O)[nH]c2=O)nn2ccnc12. The first-order valence-electron chi connectivity index (χ1n) is 7.73. The highest BCUT2D eigenvalue weighted by molar-refractivity contribution is 5.63. The van der Waals surface area contributed by atoms with Crippen LogP contribution in [0.15, 0.2) is 34.2 Å². The molecule has 0 aromatic carbocycles. The van der Waals surface area contributed by atoms with E-state index in [1.807, 2.05) is 6.07 Å². The summed E-state index contributed by atoms with van der Waals surface area (Å²) in [4.78, 5) is 32.3. The predicted molar refractivity (Wildman–Crippen MR) is 86.8 cm³/mol. The van der Waals surface area contributed by atoms with Crippen molar-refractivity contribution in [1.29, 1.82) is 0 Å². The Labute approximate surface area is 136 Å². The van der Waals surface area contributed by atoms with Crippen molar-refractivity contribution < 1.29 is 5.11 Å². The summed E-state index contributed by atoms with van der Waals surface area (Å²) in [5, 5.41) is 14.6. The summed E-state index contributed by atoms with van der Waals surface area (Å²) >= 11 is 0. The molecule has 1 aliphatic carbocycles. The second-order valence-corrected chi connectivity index (χ2v) is 6.77. The van der Waals surface area contributed by atoms with E-state index in [2.05, 4.69) is 20.1 Å². The smallest absolute Gasteiger partial charge is 0.325 e. The zero-order chi connectivity index (χ0) is 17.1. The van der Waals surface area contributed by atoms with Crippen LogP contribution in [0.2, 0.25) is 0 Å². The van der Waals surface area contributed by atoms with E-state index in [9.17, 15) is 14.7 Å². The largest absolute Gasteiger partial charge is 0.390 e. The third-order valence-electron chi connectivity index (χ3n) is 4.58. The van der Waals surface area contributed by atoms with Gasteiger partial charge < -0.3 is 10.1 Å². The average Bonchev–Trinajstić information content (AvgIpc) is 3.17. The monoisotopic (exact) mass is 327 g/mol. The molecule has 24 heavy (non-hydrogen) atoms. The molecule has 0 amide bonds. The lowest BCUT2D eigenvalue weighted by Gasteiger charge is -2.17. The van der Waals surface area contributed by atoms with Gasteiger partial charge in [-0.25, -0.2) is 14.3 Å². The third-order valence-corrected chi connectivity index (χ3v) is 4.58. The molecule has 0 bridgehead atoms. The molecule has 0 spiro atoms. The number of hydrogen-bond donors (Lipinski definition) is 3. The standard InChI is InChI=1S/C16H17N5O3/c1-16(2,24)11-5-8(11)9-6-12(20-21-4-3-17-13(9)21)10-7-18-15(23)19-14(10)22/h3-4,6-8,11,24H,5H2,1-2H3,(H2,18,19,22,23)/t8-,11+/m1/s1. The maximum Gasteiger partial charge on any atom is 0.325 e. The van der Waals surface area contributed by atoms with E-state index in [0.29, 0.717) is 5.69 Å². The number of aromatic amines is 2. The number of hydrogen-bond acceptors (Lipinski definition) is 5. The Balaban J connectivity index is 1.87. The fourth-order valence-electron chi connectivity index (χ4n) is 3.27. The minimum Gasteiger partial charge on any atom is -0.390 e. The van der Waals surface area contributed by atoms with Crippen LogP contribution in [0.4, 0.5) is 0 Å². The number of aromatic nitrogens is 5.